The molecule has 3 unspecified atom stereocenters. The Kier molecular flexibility index (Phi) is 6.11. The maximum Gasteiger partial charge on any atom is 0.256 e. The van der Waals surface area contributed by atoms with E-state index in [1.54, 1.807) is 16.7 Å². The van der Waals surface area contributed by atoms with Crippen LogP contribution in [0, 0.1) is 0 Å². The molecule has 4 rings (SSSR count). The van der Waals surface area contributed by atoms with Gasteiger partial charge in [-0.05, 0) is 50.3 Å². The van der Waals surface area contributed by atoms with Crippen LogP contribution in [0.5, 0.6) is 0 Å². The smallest absolute Gasteiger partial charge is 0.256 e. The maximum absolute atomic E-state index is 13.2. The number of rotatable bonds is 3. The lowest BCUT2D eigenvalue weighted by Crippen LogP contribution is -2.53. The first-order valence-electron chi connectivity index (χ1n) is 11.0. The fourth-order valence-corrected chi connectivity index (χ4v) is 5.94. The molecule has 4 atom stereocenters. The molecule has 0 saturated carbocycles. The molecule has 2 amide bonds. The standard InChI is InChI=1S/C22H31N3O5S/c1-14-13-24(22(27)21-5-4-10-30-21)20-11-16(6-9-19(20)25(14)15(2)26)18-8-7-17(12-23-18)31(3,28)29/h6,9,11,14,17-18,21,23H,4-5,7-8,10,12-13H2,1-3H3/t14-,17?,18?,21?/m0/s1. The fraction of sp³-hybridized carbons (Fsp3) is 0.636. The van der Waals surface area contributed by atoms with Gasteiger partial charge in [-0.2, -0.15) is 0 Å². The van der Waals surface area contributed by atoms with Crippen molar-refractivity contribution in [1.82, 2.24) is 5.32 Å². The minimum absolute atomic E-state index is 0.00751. The molecule has 1 N–H and O–H groups in total. The molecule has 1 aromatic carbocycles. The van der Waals surface area contributed by atoms with Crippen molar-refractivity contribution in [3.8, 4) is 0 Å². The number of hydrogen-bond donors (Lipinski definition) is 1. The first-order chi connectivity index (χ1) is 14.7. The minimum Gasteiger partial charge on any atom is -0.368 e. The summed E-state index contributed by atoms with van der Waals surface area (Å²) in [7, 11) is -3.07. The molecule has 3 heterocycles. The van der Waals surface area contributed by atoms with Gasteiger partial charge in [0.1, 0.15) is 6.10 Å². The molecule has 0 spiro atoms. The summed E-state index contributed by atoms with van der Waals surface area (Å²) in [6, 6.07) is 5.72. The third-order valence-corrected chi connectivity index (χ3v) is 8.24. The van der Waals surface area contributed by atoms with Crippen LogP contribution < -0.4 is 15.1 Å². The molecule has 0 aromatic heterocycles. The lowest BCUT2D eigenvalue weighted by molar-refractivity contribution is -0.127. The van der Waals surface area contributed by atoms with Crippen molar-refractivity contribution in [3.63, 3.8) is 0 Å². The van der Waals surface area contributed by atoms with E-state index in [4.69, 9.17) is 4.74 Å². The molecule has 3 aliphatic heterocycles. The summed E-state index contributed by atoms with van der Waals surface area (Å²) in [6.45, 7) is 4.92. The molecule has 0 radical (unpaired) electrons. The number of anilines is 2. The molecule has 9 heteroatoms. The molecule has 0 bridgehead atoms. The van der Waals surface area contributed by atoms with Crippen molar-refractivity contribution in [3.05, 3.63) is 23.8 Å². The Bertz CT molecular complexity index is 965. The minimum atomic E-state index is -3.07. The van der Waals surface area contributed by atoms with E-state index in [0.29, 0.717) is 39.0 Å². The zero-order valence-electron chi connectivity index (χ0n) is 18.3. The average molecular weight is 450 g/mol. The highest BCUT2D eigenvalue weighted by Crippen LogP contribution is 2.39. The van der Waals surface area contributed by atoms with Gasteiger partial charge in [0.25, 0.3) is 5.91 Å². The van der Waals surface area contributed by atoms with Crippen molar-refractivity contribution in [1.29, 1.82) is 0 Å². The summed E-state index contributed by atoms with van der Waals surface area (Å²) in [5.41, 5.74) is 2.44. The van der Waals surface area contributed by atoms with Crippen molar-refractivity contribution < 1.29 is 22.7 Å². The van der Waals surface area contributed by atoms with Gasteiger partial charge in [-0.1, -0.05) is 6.07 Å². The number of carbonyl (C=O) groups is 2. The number of nitrogens with one attached hydrogen (secondary N) is 1. The summed E-state index contributed by atoms with van der Waals surface area (Å²) in [5.74, 6) is -0.114. The molecular weight excluding hydrogens is 418 g/mol. The number of fused-ring (bicyclic) bond motifs is 1. The van der Waals surface area contributed by atoms with E-state index in [9.17, 15) is 18.0 Å². The molecule has 1 aromatic rings. The van der Waals surface area contributed by atoms with Crippen LogP contribution in [-0.2, 0) is 24.2 Å². The van der Waals surface area contributed by atoms with Crippen LogP contribution in [0.1, 0.15) is 51.1 Å². The van der Waals surface area contributed by atoms with Crippen molar-refractivity contribution in [2.24, 2.45) is 0 Å². The van der Waals surface area contributed by atoms with E-state index in [2.05, 4.69) is 5.32 Å². The Hall–Kier alpha value is -1.97. The van der Waals surface area contributed by atoms with Gasteiger partial charge in [0, 0.05) is 38.9 Å². The van der Waals surface area contributed by atoms with Crippen molar-refractivity contribution in [2.45, 2.75) is 63.0 Å². The van der Waals surface area contributed by atoms with Gasteiger partial charge in [0.05, 0.1) is 22.7 Å². The van der Waals surface area contributed by atoms with Crippen molar-refractivity contribution in [2.75, 3.05) is 35.8 Å². The zero-order chi connectivity index (χ0) is 22.3. The molecule has 2 saturated heterocycles. The summed E-state index contributed by atoms with van der Waals surface area (Å²) >= 11 is 0. The lowest BCUT2D eigenvalue weighted by atomic mass is 9.95. The second kappa shape index (κ2) is 8.52. The van der Waals surface area contributed by atoms with Gasteiger partial charge < -0.3 is 19.9 Å². The largest absolute Gasteiger partial charge is 0.368 e. The van der Waals surface area contributed by atoms with Crippen LogP contribution >= 0.6 is 0 Å². The first-order valence-corrected chi connectivity index (χ1v) is 12.9. The number of ether oxygens (including phenoxy) is 1. The van der Waals surface area contributed by atoms with Crippen LogP contribution in [0.25, 0.3) is 0 Å². The van der Waals surface area contributed by atoms with E-state index >= 15 is 0 Å². The number of sulfone groups is 1. The van der Waals surface area contributed by atoms with E-state index < -0.39 is 15.9 Å². The topological polar surface area (TPSA) is 96.0 Å². The normalized spacial score (nSPS) is 29.0. The number of benzene rings is 1. The van der Waals surface area contributed by atoms with Gasteiger partial charge in [0.2, 0.25) is 5.91 Å². The van der Waals surface area contributed by atoms with E-state index in [1.165, 1.54) is 6.26 Å². The van der Waals surface area contributed by atoms with Crippen LogP contribution in [0.15, 0.2) is 18.2 Å². The molecule has 3 aliphatic rings. The molecule has 8 nitrogen and oxygen atoms in total. The van der Waals surface area contributed by atoms with Crippen LogP contribution in [0.2, 0.25) is 0 Å². The Balaban J connectivity index is 1.65. The summed E-state index contributed by atoms with van der Waals surface area (Å²) < 4.78 is 29.4. The molecule has 0 aliphatic carbocycles. The van der Waals surface area contributed by atoms with Crippen LogP contribution in [-0.4, -0.2) is 63.6 Å². The van der Waals surface area contributed by atoms with Gasteiger partial charge in [-0.15, -0.1) is 0 Å². The molecule has 2 fully saturated rings. The molecule has 31 heavy (non-hydrogen) atoms. The highest BCUT2D eigenvalue weighted by atomic mass is 32.2. The predicted octanol–water partition coefficient (Wildman–Crippen LogP) is 1.79. The van der Waals surface area contributed by atoms with Gasteiger partial charge in [0.15, 0.2) is 9.84 Å². The Morgan fingerprint density at radius 1 is 1.16 bits per heavy atom. The Labute approximate surface area is 183 Å². The lowest BCUT2D eigenvalue weighted by Gasteiger charge is -2.42. The summed E-state index contributed by atoms with van der Waals surface area (Å²) in [5, 5.41) is 2.99. The Morgan fingerprint density at radius 3 is 2.52 bits per heavy atom. The number of carbonyl (C=O) groups excluding carboxylic acids is 2. The second-order valence-electron chi connectivity index (χ2n) is 8.93. The van der Waals surface area contributed by atoms with Gasteiger partial charge in [-0.3, -0.25) is 9.59 Å². The number of amides is 2. The molecular formula is C22H31N3O5S. The first kappa shape index (κ1) is 22.2. The monoisotopic (exact) mass is 449 g/mol. The quantitative estimate of drug-likeness (QED) is 0.756. The maximum atomic E-state index is 13.2. The number of nitrogens with zero attached hydrogens (tertiary/aromatic N) is 2. The third kappa shape index (κ3) is 4.36. The number of hydrogen-bond acceptors (Lipinski definition) is 6. The van der Waals surface area contributed by atoms with E-state index in [0.717, 1.165) is 23.4 Å². The molecule has 170 valence electrons. The predicted molar refractivity (Wildman–Crippen MR) is 119 cm³/mol. The highest BCUT2D eigenvalue weighted by Gasteiger charge is 2.38. The van der Waals surface area contributed by atoms with Gasteiger partial charge >= 0.3 is 0 Å². The average Bonchev–Trinajstić information content (AvgIpc) is 3.26. The number of piperidine rings is 1. The fourth-order valence-electron chi connectivity index (χ4n) is 4.97. The highest BCUT2D eigenvalue weighted by molar-refractivity contribution is 7.91. The summed E-state index contributed by atoms with van der Waals surface area (Å²) in [6.07, 6.45) is 3.73. The van der Waals surface area contributed by atoms with Crippen molar-refractivity contribution >= 4 is 33.0 Å². The zero-order valence-corrected chi connectivity index (χ0v) is 19.2. The van der Waals surface area contributed by atoms with Crippen LogP contribution in [0.3, 0.4) is 0 Å². The van der Waals surface area contributed by atoms with Crippen LogP contribution in [0.4, 0.5) is 11.4 Å². The second-order valence-corrected chi connectivity index (χ2v) is 11.3. The van der Waals surface area contributed by atoms with E-state index in [1.807, 2.05) is 25.1 Å². The Morgan fingerprint density at radius 2 is 1.94 bits per heavy atom. The third-order valence-electron chi connectivity index (χ3n) is 6.62. The van der Waals surface area contributed by atoms with E-state index in [-0.39, 0.29) is 29.1 Å². The SMILES string of the molecule is CC(=O)N1c2ccc(C3CCC(S(C)(=O)=O)CN3)cc2N(C(=O)C2CCCO2)C[C@@H]1C. The summed E-state index contributed by atoms with van der Waals surface area (Å²) in [4.78, 5) is 29.1. The van der Waals surface area contributed by atoms with Gasteiger partial charge in [-0.25, -0.2) is 8.42 Å².